The SMILES string of the molecule is CCN(CC)C(=O)OCC1CCc2c(sc(NC(=O)C=Cc3ccco3)c2C#N)C1. The molecule has 2 aromatic rings. The molecule has 0 aliphatic heterocycles. The minimum absolute atomic E-state index is 0.213. The van der Waals surface area contributed by atoms with Crippen LogP contribution in [0.5, 0.6) is 0 Å². The number of carbonyl (C=O) groups excluding carboxylic acids is 2. The number of ether oxygens (including phenoxy) is 1. The van der Waals surface area contributed by atoms with Crippen molar-refractivity contribution in [1.82, 2.24) is 4.90 Å². The lowest BCUT2D eigenvalue weighted by Gasteiger charge is -2.24. The number of anilines is 1. The first-order valence-electron chi connectivity index (χ1n) is 10.0. The van der Waals surface area contributed by atoms with Crippen LogP contribution in [0.15, 0.2) is 28.9 Å². The van der Waals surface area contributed by atoms with E-state index >= 15 is 0 Å². The van der Waals surface area contributed by atoms with E-state index in [-0.39, 0.29) is 17.9 Å². The summed E-state index contributed by atoms with van der Waals surface area (Å²) in [6.45, 7) is 5.46. The maximum absolute atomic E-state index is 12.2. The molecule has 0 saturated heterocycles. The molecule has 0 fully saturated rings. The van der Waals surface area contributed by atoms with Gasteiger partial charge in [-0.05, 0) is 62.8 Å². The minimum Gasteiger partial charge on any atom is -0.465 e. The number of fused-ring (bicyclic) bond motifs is 1. The molecule has 0 radical (unpaired) electrons. The van der Waals surface area contributed by atoms with E-state index < -0.39 is 0 Å². The third-order valence-electron chi connectivity index (χ3n) is 5.12. The Morgan fingerprint density at radius 2 is 2.23 bits per heavy atom. The topological polar surface area (TPSA) is 95.6 Å². The Morgan fingerprint density at radius 3 is 2.90 bits per heavy atom. The second-order valence-corrected chi connectivity index (χ2v) is 8.12. The second kappa shape index (κ2) is 10.1. The molecule has 1 aliphatic rings. The largest absolute Gasteiger partial charge is 0.465 e. The molecule has 1 unspecified atom stereocenters. The fraction of sp³-hybridized carbons (Fsp3) is 0.409. The first-order chi connectivity index (χ1) is 14.5. The number of carbonyl (C=O) groups is 2. The highest BCUT2D eigenvalue weighted by atomic mass is 32.1. The van der Waals surface area contributed by atoms with Gasteiger partial charge in [0.05, 0.1) is 18.4 Å². The number of amides is 2. The first kappa shape index (κ1) is 21.7. The van der Waals surface area contributed by atoms with Crippen LogP contribution in [0.1, 0.15) is 42.0 Å². The van der Waals surface area contributed by atoms with Gasteiger partial charge >= 0.3 is 6.09 Å². The van der Waals surface area contributed by atoms with Crippen molar-refractivity contribution >= 4 is 34.4 Å². The molecule has 1 aliphatic carbocycles. The lowest BCUT2D eigenvalue weighted by molar-refractivity contribution is -0.111. The van der Waals surface area contributed by atoms with Gasteiger partial charge in [-0.1, -0.05) is 0 Å². The maximum Gasteiger partial charge on any atom is 0.409 e. The molecule has 1 atom stereocenters. The number of hydrogen-bond donors (Lipinski definition) is 1. The molecular weight excluding hydrogens is 402 g/mol. The second-order valence-electron chi connectivity index (χ2n) is 7.02. The minimum atomic E-state index is -0.314. The molecule has 2 heterocycles. The maximum atomic E-state index is 12.2. The van der Waals surface area contributed by atoms with E-state index in [0.29, 0.717) is 36.0 Å². The summed E-state index contributed by atoms with van der Waals surface area (Å²) >= 11 is 1.43. The summed E-state index contributed by atoms with van der Waals surface area (Å²) in [5.41, 5.74) is 1.53. The molecule has 30 heavy (non-hydrogen) atoms. The Labute approximate surface area is 179 Å². The van der Waals surface area contributed by atoms with E-state index in [4.69, 9.17) is 9.15 Å². The number of thiophene rings is 1. The van der Waals surface area contributed by atoms with E-state index in [0.717, 1.165) is 29.7 Å². The molecule has 158 valence electrons. The van der Waals surface area contributed by atoms with Crippen molar-refractivity contribution in [2.75, 3.05) is 25.0 Å². The molecule has 3 rings (SSSR count). The van der Waals surface area contributed by atoms with Gasteiger partial charge in [-0.2, -0.15) is 5.26 Å². The quantitative estimate of drug-likeness (QED) is 0.659. The first-order valence-corrected chi connectivity index (χ1v) is 10.9. The molecule has 7 nitrogen and oxygen atoms in total. The van der Waals surface area contributed by atoms with Crippen molar-refractivity contribution in [3.63, 3.8) is 0 Å². The summed E-state index contributed by atoms with van der Waals surface area (Å²) in [5, 5.41) is 13.0. The highest BCUT2D eigenvalue weighted by Crippen LogP contribution is 2.39. The summed E-state index contributed by atoms with van der Waals surface area (Å²) in [4.78, 5) is 27.0. The average Bonchev–Trinajstić information content (AvgIpc) is 3.38. The van der Waals surface area contributed by atoms with Crippen LogP contribution in [0.3, 0.4) is 0 Å². The van der Waals surface area contributed by atoms with E-state index in [1.54, 1.807) is 23.1 Å². The zero-order valence-corrected chi connectivity index (χ0v) is 18.0. The van der Waals surface area contributed by atoms with Gasteiger partial charge in [-0.15, -0.1) is 11.3 Å². The third-order valence-corrected chi connectivity index (χ3v) is 6.29. The molecule has 1 N–H and O–H groups in total. The highest BCUT2D eigenvalue weighted by Gasteiger charge is 2.27. The van der Waals surface area contributed by atoms with E-state index in [1.807, 2.05) is 13.8 Å². The number of nitriles is 1. The Balaban J connectivity index is 1.63. The summed E-state index contributed by atoms with van der Waals surface area (Å²) in [5.74, 6) is 0.481. The molecule has 0 saturated carbocycles. The molecule has 8 heteroatoms. The Morgan fingerprint density at radius 1 is 1.43 bits per heavy atom. The van der Waals surface area contributed by atoms with Gasteiger partial charge in [-0.25, -0.2) is 4.79 Å². The zero-order valence-electron chi connectivity index (χ0n) is 17.1. The molecule has 0 bridgehead atoms. The van der Waals surface area contributed by atoms with Gasteiger partial charge in [0, 0.05) is 24.0 Å². The van der Waals surface area contributed by atoms with Crippen molar-refractivity contribution in [1.29, 1.82) is 5.26 Å². The predicted octanol–water partition coefficient (Wildman–Crippen LogP) is 4.45. The van der Waals surface area contributed by atoms with Crippen LogP contribution in [0.4, 0.5) is 9.80 Å². The summed E-state index contributed by atoms with van der Waals surface area (Å²) in [7, 11) is 0. The van der Waals surface area contributed by atoms with Crippen molar-refractivity contribution in [3.8, 4) is 6.07 Å². The Hall–Kier alpha value is -3.05. The van der Waals surface area contributed by atoms with E-state index in [9.17, 15) is 14.9 Å². The molecule has 0 spiro atoms. The number of rotatable bonds is 7. The number of nitrogens with one attached hydrogen (secondary N) is 1. The molecule has 2 aromatic heterocycles. The van der Waals surface area contributed by atoms with E-state index in [1.165, 1.54) is 23.7 Å². The number of hydrogen-bond acceptors (Lipinski definition) is 6. The highest BCUT2D eigenvalue weighted by molar-refractivity contribution is 7.16. The van der Waals surface area contributed by atoms with Crippen molar-refractivity contribution < 1.29 is 18.7 Å². The monoisotopic (exact) mass is 427 g/mol. The normalized spacial score (nSPS) is 15.4. The van der Waals surface area contributed by atoms with Gasteiger partial charge in [-0.3, -0.25) is 4.79 Å². The van der Waals surface area contributed by atoms with Crippen molar-refractivity contribution in [3.05, 3.63) is 46.2 Å². The Bertz CT molecular complexity index is 952. The van der Waals surface area contributed by atoms with Gasteiger partial charge in [0.15, 0.2) is 0 Å². The smallest absolute Gasteiger partial charge is 0.409 e. The van der Waals surface area contributed by atoms with Crippen LogP contribution in [0.25, 0.3) is 6.08 Å². The van der Waals surface area contributed by atoms with Crippen molar-refractivity contribution in [2.24, 2.45) is 5.92 Å². The van der Waals surface area contributed by atoms with Crippen LogP contribution in [0, 0.1) is 17.2 Å². The van der Waals surface area contributed by atoms with Crippen LogP contribution in [-0.4, -0.2) is 36.6 Å². The van der Waals surface area contributed by atoms with Crippen LogP contribution in [0.2, 0.25) is 0 Å². The lowest BCUT2D eigenvalue weighted by atomic mass is 9.88. The van der Waals surface area contributed by atoms with Gasteiger partial charge in [0.1, 0.15) is 16.8 Å². The number of furan rings is 1. The van der Waals surface area contributed by atoms with Crippen LogP contribution < -0.4 is 5.32 Å². The van der Waals surface area contributed by atoms with Gasteiger partial charge in [0.2, 0.25) is 5.91 Å². The van der Waals surface area contributed by atoms with Gasteiger partial charge < -0.3 is 19.4 Å². The lowest BCUT2D eigenvalue weighted by Crippen LogP contribution is -2.33. The van der Waals surface area contributed by atoms with Crippen LogP contribution in [-0.2, 0) is 22.4 Å². The molecule has 0 aromatic carbocycles. The third kappa shape index (κ3) is 5.10. The molecule has 2 amide bonds. The summed E-state index contributed by atoms with van der Waals surface area (Å²) < 4.78 is 10.6. The van der Waals surface area contributed by atoms with Crippen LogP contribution >= 0.6 is 11.3 Å². The standard InChI is InChI=1S/C22H25N3O4S/c1-3-25(4-2)22(27)29-14-15-7-9-17-18(13-23)21(30-19(17)12-15)24-20(26)10-8-16-6-5-11-28-16/h5-6,8,10-11,15H,3-4,7,9,12,14H2,1-2H3,(H,24,26). The van der Waals surface area contributed by atoms with Crippen molar-refractivity contribution in [2.45, 2.75) is 33.1 Å². The Kier molecular flexibility index (Phi) is 7.31. The van der Waals surface area contributed by atoms with Gasteiger partial charge in [0.25, 0.3) is 0 Å². The summed E-state index contributed by atoms with van der Waals surface area (Å²) in [6, 6.07) is 5.73. The summed E-state index contributed by atoms with van der Waals surface area (Å²) in [6.07, 6.45) is 6.53. The van der Waals surface area contributed by atoms with E-state index in [2.05, 4.69) is 11.4 Å². The predicted molar refractivity (Wildman–Crippen MR) is 115 cm³/mol. The fourth-order valence-corrected chi connectivity index (χ4v) is 4.78. The molecular formula is C22H25N3O4S. The average molecular weight is 428 g/mol. The fourth-order valence-electron chi connectivity index (χ4n) is 3.46. The zero-order chi connectivity index (χ0) is 21.5. The number of nitrogens with zero attached hydrogens (tertiary/aromatic N) is 2.